The van der Waals surface area contributed by atoms with Gasteiger partial charge in [0.2, 0.25) is 0 Å². The minimum absolute atomic E-state index is 0.0765. The standard InChI is InChI=1S/C8H12O3S/c1-3-5-7-11-12(9,10)8-6-4-2/h6,8H,4,7H2,1-2H3. The second-order valence-electron chi connectivity index (χ2n) is 1.96. The molecular weight excluding hydrogens is 176 g/mol. The van der Waals surface area contributed by atoms with E-state index in [1.165, 1.54) is 6.08 Å². The summed E-state index contributed by atoms with van der Waals surface area (Å²) in [6.07, 6.45) is 2.19. The van der Waals surface area contributed by atoms with E-state index in [4.69, 9.17) is 0 Å². The van der Waals surface area contributed by atoms with E-state index >= 15 is 0 Å². The van der Waals surface area contributed by atoms with Crippen LogP contribution in [0, 0.1) is 11.8 Å². The van der Waals surface area contributed by atoms with Crippen LogP contribution in [0.15, 0.2) is 11.5 Å². The Morgan fingerprint density at radius 3 is 2.67 bits per heavy atom. The SMILES string of the molecule is CC#CCOS(=O)(=O)C=CCC. The Morgan fingerprint density at radius 2 is 2.17 bits per heavy atom. The zero-order valence-electron chi connectivity index (χ0n) is 7.20. The van der Waals surface area contributed by atoms with Crippen LogP contribution < -0.4 is 0 Å². The van der Waals surface area contributed by atoms with E-state index in [0.717, 1.165) is 5.41 Å². The molecule has 0 saturated carbocycles. The van der Waals surface area contributed by atoms with Crippen LogP contribution in [0.1, 0.15) is 20.3 Å². The third-order valence-corrected chi connectivity index (χ3v) is 1.94. The summed E-state index contributed by atoms with van der Waals surface area (Å²) >= 11 is 0. The quantitative estimate of drug-likeness (QED) is 0.493. The van der Waals surface area contributed by atoms with Crippen LogP contribution in [0.5, 0.6) is 0 Å². The molecule has 0 spiro atoms. The first-order chi connectivity index (χ1) is 5.62. The Hall–Kier alpha value is -0.790. The molecule has 0 aromatic rings. The summed E-state index contributed by atoms with van der Waals surface area (Å²) in [6, 6.07) is 0. The van der Waals surface area contributed by atoms with Crippen molar-refractivity contribution in [2.45, 2.75) is 20.3 Å². The zero-order chi connectivity index (χ0) is 9.45. The fourth-order valence-electron chi connectivity index (χ4n) is 0.437. The molecule has 0 aliphatic carbocycles. The smallest absolute Gasteiger partial charge is 0.254 e. The lowest BCUT2D eigenvalue weighted by Gasteiger charge is -1.94. The second kappa shape index (κ2) is 5.81. The first-order valence-corrected chi connectivity index (χ1v) is 5.05. The molecule has 0 amide bonds. The van der Waals surface area contributed by atoms with E-state index in [-0.39, 0.29) is 6.61 Å². The van der Waals surface area contributed by atoms with Crippen molar-refractivity contribution in [3.05, 3.63) is 11.5 Å². The van der Waals surface area contributed by atoms with Gasteiger partial charge in [-0.15, -0.1) is 5.92 Å². The predicted molar refractivity (Wildman–Crippen MR) is 47.8 cm³/mol. The summed E-state index contributed by atoms with van der Waals surface area (Å²) in [5.74, 6) is 5.03. The Morgan fingerprint density at radius 1 is 1.50 bits per heavy atom. The van der Waals surface area contributed by atoms with Gasteiger partial charge < -0.3 is 0 Å². The maximum atomic E-state index is 10.9. The van der Waals surface area contributed by atoms with Crippen LogP contribution >= 0.6 is 0 Å². The Labute approximate surface area is 73.6 Å². The number of rotatable bonds is 4. The third kappa shape index (κ3) is 5.96. The molecule has 0 aliphatic heterocycles. The highest BCUT2D eigenvalue weighted by molar-refractivity contribution is 7.89. The Kier molecular flexibility index (Phi) is 5.43. The first kappa shape index (κ1) is 11.2. The highest BCUT2D eigenvalue weighted by Gasteiger charge is 2.02. The normalized spacial score (nSPS) is 11.2. The molecule has 3 nitrogen and oxygen atoms in total. The van der Waals surface area contributed by atoms with Gasteiger partial charge in [0.1, 0.15) is 6.61 Å². The maximum Gasteiger partial charge on any atom is 0.290 e. The van der Waals surface area contributed by atoms with Gasteiger partial charge in [-0.05, 0) is 13.3 Å². The van der Waals surface area contributed by atoms with Crippen molar-refractivity contribution in [1.29, 1.82) is 0 Å². The maximum absolute atomic E-state index is 10.9. The summed E-state index contributed by atoms with van der Waals surface area (Å²) in [4.78, 5) is 0. The number of allylic oxidation sites excluding steroid dienone is 1. The largest absolute Gasteiger partial charge is 0.290 e. The monoisotopic (exact) mass is 188 g/mol. The topological polar surface area (TPSA) is 43.4 Å². The average molecular weight is 188 g/mol. The van der Waals surface area contributed by atoms with Crippen molar-refractivity contribution in [2.75, 3.05) is 6.61 Å². The van der Waals surface area contributed by atoms with Crippen LogP contribution in [0.4, 0.5) is 0 Å². The highest BCUT2D eigenvalue weighted by Crippen LogP contribution is 1.95. The molecule has 68 valence electrons. The molecular formula is C8H12O3S. The van der Waals surface area contributed by atoms with Gasteiger partial charge in [-0.2, -0.15) is 8.42 Å². The van der Waals surface area contributed by atoms with E-state index in [9.17, 15) is 8.42 Å². The molecule has 0 atom stereocenters. The molecule has 12 heavy (non-hydrogen) atoms. The van der Waals surface area contributed by atoms with Gasteiger partial charge >= 0.3 is 0 Å². The van der Waals surface area contributed by atoms with E-state index in [1.54, 1.807) is 6.92 Å². The molecule has 0 rings (SSSR count). The van der Waals surface area contributed by atoms with Gasteiger partial charge in [0.05, 0.1) is 5.41 Å². The average Bonchev–Trinajstić information content (AvgIpc) is 2.01. The zero-order valence-corrected chi connectivity index (χ0v) is 8.02. The molecule has 0 bridgehead atoms. The summed E-state index contributed by atoms with van der Waals surface area (Å²) in [5.41, 5.74) is 0. The van der Waals surface area contributed by atoms with E-state index in [0.29, 0.717) is 6.42 Å². The number of hydrogen-bond acceptors (Lipinski definition) is 3. The van der Waals surface area contributed by atoms with Gasteiger partial charge in [0.25, 0.3) is 10.1 Å². The lowest BCUT2D eigenvalue weighted by atomic mass is 10.5. The van der Waals surface area contributed by atoms with Crippen molar-refractivity contribution < 1.29 is 12.6 Å². The summed E-state index contributed by atoms with van der Waals surface area (Å²) < 4.78 is 26.3. The van der Waals surface area contributed by atoms with E-state index < -0.39 is 10.1 Å². The van der Waals surface area contributed by atoms with Crippen molar-refractivity contribution in [3.8, 4) is 11.8 Å². The molecule has 0 aromatic carbocycles. The minimum atomic E-state index is -3.50. The Bertz CT molecular complexity index is 290. The van der Waals surface area contributed by atoms with Gasteiger partial charge in [0, 0.05) is 0 Å². The van der Waals surface area contributed by atoms with Crippen LogP contribution in [-0.2, 0) is 14.3 Å². The molecule has 0 fully saturated rings. The summed E-state index contributed by atoms with van der Waals surface area (Å²) in [5, 5.41) is 1.05. The number of hydrogen-bond donors (Lipinski definition) is 0. The van der Waals surface area contributed by atoms with Gasteiger partial charge in [-0.3, -0.25) is 4.18 Å². The van der Waals surface area contributed by atoms with Crippen LogP contribution in [-0.4, -0.2) is 15.0 Å². The van der Waals surface area contributed by atoms with Crippen molar-refractivity contribution in [2.24, 2.45) is 0 Å². The van der Waals surface area contributed by atoms with E-state index in [2.05, 4.69) is 16.0 Å². The van der Waals surface area contributed by atoms with Crippen LogP contribution in [0.25, 0.3) is 0 Å². The molecule has 0 N–H and O–H groups in total. The lowest BCUT2D eigenvalue weighted by Crippen LogP contribution is -2.01. The van der Waals surface area contributed by atoms with E-state index in [1.807, 2.05) is 6.92 Å². The van der Waals surface area contributed by atoms with Crippen LogP contribution in [0.2, 0.25) is 0 Å². The molecule has 0 unspecified atom stereocenters. The predicted octanol–water partition coefficient (Wildman–Crippen LogP) is 1.28. The van der Waals surface area contributed by atoms with Crippen molar-refractivity contribution in [1.82, 2.24) is 0 Å². The van der Waals surface area contributed by atoms with Crippen molar-refractivity contribution in [3.63, 3.8) is 0 Å². The lowest BCUT2D eigenvalue weighted by molar-refractivity contribution is 0.370. The van der Waals surface area contributed by atoms with Gasteiger partial charge in [-0.1, -0.05) is 18.9 Å². The molecule has 4 heteroatoms. The Balaban J connectivity index is 4.03. The molecule has 0 saturated heterocycles. The minimum Gasteiger partial charge on any atom is -0.254 e. The molecule has 0 heterocycles. The molecule has 0 aromatic heterocycles. The first-order valence-electron chi connectivity index (χ1n) is 3.58. The summed E-state index contributed by atoms with van der Waals surface area (Å²) in [7, 11) is -3.50. The molecule has 0 aliphatic rings. The highest BCUT2D eigenvalue weighted by atomic mass is 32.2. The second-order valence-corrected chi connectivity index (χ2v) is 3.46. The summed E-state index contributed by atoms with van der Waals surface area (Å²) in [6.45, 7) is 3.39. The third-order valence-electron chi connectivity index (χ3n) is 0.971. The van der Waals surface area contributed by atoms with Gasteiger partial charge in [0.15, 0.2) is 0 Å². The fourth-order valence-corrected chi connectivity index (χ4v) is 1.17. The van der Waals surface area contributed by atoms with Gasteiger partial charge in [-0.25, -0.2) is 0 Å². The van der Waals surface area contributed by atoms with Crippen LogP contribution in [0.3, 0.4) is 0 Å². The van der Waals surface area contributed by atoms with Crippen molar-refractivity contribution >= 4 is 10.1 Å². The molecule has 0 radical (unpaired) electrons. The fraction of sp³-hybridized carbons (Fsp3) is 0.500.